The molecule has 0 atom stereocenters. The molecule has 106 valence electrons. The van der Waals surface area contributed by atoms with E-state index in [1.807, 2.05) is 18.2 Å². The number of nitrogen functional groups attached to an aromatic ring is 1. The van der Waals surface area contributed by atoms with Gasteiger partial charge in [-0.1, -0.05) is 60.7 Å². The zero-order chi connectivity index (χ0) is 14.5. The van der Waals surface area contributed by atoms with Crippen molar-refractivity contribution in [3.05, 3.63) is 77.9 Å². The number of nitrogens with two attached hydrogens (primary N) is 1. The molecular formula is C19H19NO. The molecule has 0 amide bonds. The minimum atomic E-state index is 0.633. The lowest BCUT2D eigenvalue weighted by molar-refractivity contribution is 0.125. The van der Waals surface area contributed by atoms with Crippen LogP contribution in [0, 0.1) is 0 Å². The fourth-order valence-electron chi connectivity index (χ4n) is 2.54. The van der Waals surface area contributed by atoms with Gasteiger partial charge in [-0.05, 0) is 34.4 Å². The number of anilines is 1. The highest BCUT2D eigenvalue weighted by molar-refractivity contribution is 5.85. The molecule has 0 aliphatic heterocycles. The van der Waals surface area contributed by atoms with Gasteiger partial charge in [-0.3, -0.25) is 0 Å². The smallest absolute Gasteiger partial charge is 0.0723 e. The van der Waals surface area contributed by atoms with Gasteiger partial charge in [-0.25, -0.2) is 0 Å². The normalized spacial score (nSPS) is 10.9. The lowest BCUT2D eigenvalue weighted by Crippen LogP contribution is -2.02. The average Bonchev–Trinajstić information content (AvgIpc) is 2.53. The number of para-hydroxylation sites is 1. The van der Waals surface area contributed by atoms with Crippen LogP contribution in [0.5, 0.6) is 0 Å². The molecule has 2 N–H and O–H groups in total. The molecule has 3 aromatic carbocycles. The van der Waals surface area contributed by atoms with Crippen LogP contribution in [0.2, 0.25) is 0 Å². The van der Waals surface area contributed by atoms with Crippen molar-refractivity contribution in [2.75, 3.05) is 12.3 Å². The third kappa shape index (κ3) is 3.23. The van der Waals surface area contributed by atoms with Gasteiger partial charge in [0.1, 0.15) is 0 Å². The van der Waals surface area contributed by atoms with Crippen molar-refractivity contribution in [2.24, 2.45) is 0 Å². The van der Waals surface area contributed by atoms with Crippen molar-refractivity contribution in [3.8, 4) is 0 Å². The van der Waals surface area contributed by atoms with Crippen LogP contribution in [0.25, 0.3) is 10.8 Å². The van der Waals surface area contributed by atoms with E-state index in [2.05, 4.69) is 48.5 Å². The summed E-state index contributed by atoms with van der Waals surface area (Å²) in [5.41, 5.74) is 9.15. The molecule has 0 aliphatic rings. The molecule has 0 unspecified atom stereocenters. The van der Waals surface area contributed by atoms with E-state index in [-0.39, 0.29) is 0 Å². The van der Waals surface area contributed by atoms with E-state index in [4.69, 9.17) is 10.5 Å². The third-order valence-corrected chi connectivity index (χ3v) is 3.71. The van der Waals surface area contributed by atoms with Crippen LogP contribution >= 0.6 is 0 Å². The molecule has 0 radical (unpaired) electrons. The first-order valence-electron chi connectivity index (χ1n) is 7.22. The van der Waals surface area contributed by atoms with Crippen LogP contribution in [-0.2, 0) is 17.8 Å². The zero-order valence-electron chi connectivity index (χ0n) is 12.0. The van der Waals surface area contributed by atoms with Gasteiger partial charge < -0.3 is 10.5 Å². The van der Waals surface area contributed by atoms with Crippen LogP contribution in [0.15, 0.2) is 66.7 Å². The second-order valence-electron chi connectivity index (χ2n) is 5.14. The van der Waals surface area contributed by atoms with Gasteiger partial charge in [0, 0.05) is 5.69 Å². The molecule has 0 heterocycles. The van der Waals surface area contributed by atoms with Crippen molar-refractivity contribution in [2.45, 2.75) is 13.0 Å². The Kier molecular flexibility index (Phi) is 4.17. The Morgan fingerprint density at radius 1 is 0.762 bits per heavy atom. The summed E-state index contributed by atoms with van der Waals surface area (Å²) >= 11 is 0. The third-order valence-electron chi connectivity index (χ3n) is 3.71. The molecule has 0 fully saturated rings. The summed E-state index contributed by atoms with van der Waals surface area (Å²) in [6.07, 6.45) is 0.845. The summed E-state index contributed by atoms with van der Waals surface area (Å²) in [5.74, 6) is 0. The Labute approximate surface area is 125 Å². The fraction of sp³-hybridized carbons (Fsp3) is 0.158. The van der Waals surface area contributed by atoms with E-state index in [0.717, 1.165) is 17.7 Å². The van der Waals surface area contributed by atoms with Gasteiger partial charge in [0.15, 0.2) is 0 Å². The first-order valence-corrected chi connectivity index (χ1v) is 7.22. The Hall–Kier alpha value is -2.32. The Bertz CT molecular complexity index is 731. The SMILES string of the molecule is Nc1ccccc1CCOCc1cccc2ccccc12. The maximum Gasteiger partial charge on any atom is 0.0723 e. The van der Waals surface area contributed by atoms with Crippen molar-refractivity contribution in [1.82, 2.24) is 0 Å². The predicted molar refractivity (Wildman–Crippen MR) is 88.2 cm³/mol. The molecular weight excluding hydrogens is 258 g/mol. The summed E-state index contributed by atoms with van der Waals surface area (Å²) in [7, 11) is 0. The predicted octanol–water partition coefficient (Wildman–Crippen LogP) is 4.18. The van der Waals surface area contributed by atoms with Crippen LogP contribution < -0.4 is 5.73 Å². The highest BCUT2D eigenvalue weighted by Gasteiger charge is 2.01. The van der Waals surface area contributed by atoms with Gasteiger partial charge in [0.25, 0.3) is 0 Å². The largest absolute Gasteiger partial charge is 0.399 e. The molecule has 2 heteroatoms. The van der Waals surface area contributed by atoms with Crippen LogP contribution in [0.4, 0.5) is 5.69 Å². The van der Waals surface area contributed by atoms with Gasteiger partial charge in [-0.2, -0.15) is 0 Å². The molecule has 0 saturated carbocycles. The van der Waals surface area contributed by atoms with E-state index < -0.39 is 0 Å². The van der Waals surface area contributed by atoms with Crippen LogP contribution in [-0.4, -0.2) is 6.61 Å². The van der Waals surface area contributed by atoms with Crippen molar-refractivity contribution in [1.29, 1.82) is 0 Å². The summed E-state index contributed by atoms with van der Waals surface area (Å²) in [4.78, 5) is 0. The molecule has 2 nitrogen and oxygen atoms in total. The van der Waals surface area contributed by atoms with E-state index in [9.17, 15) is 0 Å². The van der Waals surface area contributed by atoms with Crippen molar-refractivity contribution < 1.29 is 4.74 Å². The average molecular weight is 277 g/mol. The summed E-state index contributed by atoms with van der Waals surface area (Å²) in [5, 5.41) is 2.52. The molecule has 3 aromatic rings. The number of fused-ring (bicyclic) bond motifs is 1. The lowest BCUT2D eigenvalue weighted by Gasteiger charge is -2.09. The number of benzene rings is 3. The topological polar surface area (TPSA) is 35.2 Å². The molecule has 0 aromatic heterocycles. The number of hydrogen-bond donors (Lipinski definition) is 1. The second-order valence-corrected chi connectivity index (χ2v) is 5.14. The van der Waals surface area contributed by atoms with Crippen LogP contribution in [0.3, 0.4) is 0 Å². The van der Waals surface area contributed by atoms with Crippen molar-refractivity contribution >= 4 is 16.5 Å². The number of ether oxygens (including phenoxy) is 1. The first kappa shape index (κ1) is 13.7. The minimum absolute atomic E-state index is 0.633. The summed E-state index contributed by atoms with van der Waals surface area (Å²) in [6, 6.07) is 22.7. The molecule has 3 rings (SSSR count). The fourth-order valence-corrected chi connectivity index (χ4v) is 2.54. The molecule has 0 bridgehead atoms. The maximum absolute atomic E-state index is 5.93. The molecule has 0 saturated heterocycles. The van der Waals surface area contributed by atoms with E-state index in [1.165, 1.54) is 16.3 Å². The second kappa shape index (κ2) is 6.42. The quantitative estimate of drug-likeness (QED) is 0.561. The Balaban J connectivity index is 1.61. The Morgan fingerprint density at radius 3 is 2.38 bits per heavy atom. The highest BCUT2D eigenvalue weighted by Crippen LogP contribution is 2.19. The first-order chi connectivity index (χ1) is 10.3. The van der Waals surface area contributed by atoms with Gasteiger partial charge in [0.2, 0.25) is 0 Å². The van der Waals surface area contributed by atoms with Gasteiger partial charge in [-0.15, -0.1) is 0 Å². The molecule has 21 heavy (non-hydrogen) atoms. The van der Waals surface area contributed by atoms with Crippen molar-refractivity contribution in [3.63, 3.8) is 0 Å². The van der Waals surface area contributed by atoms with E-state index >= 15 is 0 Å². The maximum atomic E-state index is 5.93. The minimum Gasteiger partial charge on any atom is -0.399 e. The van der Waals surface area contributed by atoms with Crippen LogP contribution in [0.1, 0.15) is 11.1 Å². The monoisotopic (exact) mass is 277 g/mol. The highest BCUT2D eigenvalue weighted by atomic mass is 16.5. The summed E-state index contributed by atoms with van der Waals surface area (Å²) < 4.78 is 5.83. The van der Waals surface area contributed by atoms with E-state index in [1.54, 1.807) is 0 Å². The van der Waals surface area contributed by atoms with Gasteiger partial charge in [0.05, 0.1) is 13.2 Å². The summed E-state index contributed by atoms with van der Waals surface area (Å²) in [6.45, 7) is 1.31. The van der Waals surface area contributed by atoms with Gasteiger partial charge >= 0.3 is 0 Å². The molecule has 0 spiro atoms. The zero-order valence-corrected chi connectivity index (χ0v) is 12.0. The lowest BCUT2D eigenvalue weighted by atomic mass is 10.1. The Morgan fingerprint density at radius 2 is 1.48 bits per heavy atom. The number of hydrogen-bond acceptors (Lipinski definition) is 2. The molecule has 0 aliphatic carbocycles. The number of rotatable bonds is 5. The van der Waals surface area contributed by atoms with E-state index in [0.29, 0.717) is 13.2 Å². The standard InChI is InChI=1S/C19H19NO/c20-19-11-4-2-7-16(19)12-13-21-14-17-9-5-8-15-6-1-3-10-18(15)17/h1-11H,12-14,20H2.